The lowest BCUT2D eigenvalue weighted by Crippen LogP contribution is -2.48. The molecule has 9 nitrogen and oxygen atoms in total. The van der Waals surface area contributed by atoms with Crippen molar-refractivity contribution in [1.29, 1.82) is 0 Å². The summed E-state index contributed by atoms with van der Waals surface area (Å²) in [6.45, 7) is 2.24. The minimum absolute atomic E-state index is 0.0118. The molecule has 0 unspecified atom stereocenters. The van der Waals surface area contributed by atoms with Crippen molar-refractivity contribution in [3.8, 4) is 5.69 Å². The summed E-state index contributed by atoms with van der Waals surface area (Å²) in [7, 11) is 0. The topological polar surface area (TPSA) is 110 Å². The molecule has 1 saturated heterocycles. The summed E-state index contributed by atoms with van der Waals surface area (Å²) >= 11 is 0. The van der Waals surface area contributed by atoms with Gasteiger partial charge in [-0.1, -0.05) is 11.3 Å². The second-order valence-electron chi connectivity index (χ2n) is 6.26. The first kappa shape index (κ1) is 17.1. The van der Waals surface area contributed by atoms with Crippen LogP contribution in [0.5, 0.6) is 0 Å². The van der Waals surface area contributed by atoms with Crippen molar-refractivity contribution in [1.82, 2.24) is 24.9 Å². The average Bonchev–Trinajstić information content (AvgIpc) is 3.08. The number of ether oxygens (including phenoxy) is 1. The second-order valence-corrected chi connectivity index (χ2v) is 6.26. The number of nitrogens with zero attached hydrogens (tertiary/aromatic N) is 5. The lowest BCUT2D eigenvalue weighted by molar-refractivity contribution is -0.154. The van der Waals surface area contributed by atoms with Crippen LogP contribution in [-0.4, -0.2) is 67.7 Å². The first-order valence-electron chi connectivity index (χ1n) is 8.46. The fourth-order valence-electron chi connectivity index (χ4n) is 3.10. The van der Waals surface area contributed by atoms with Crippen LogP contribution in [0, 0.1) is 6.92 Å². The molecule has 3 heterocycles. The van der Waals surface area contributed by atoms with E-state index >= 15 is 0 Å². The molecule has 0 aliphatic carbocycles. The van der Waals surface area contributed by atoms with Gasteiger partial charge in [0.2, 0.25) is 0 Å². The van der Waals surface area contributed by atoms with E-state index in [1.54, 1.807) is 17.8 Å². The van der Waals surface area contributed by atoms with Gasteiger partial charge in [-0.05, 0) is 31.2 Å². The number of aliphatic carboxylic acids is 1. The summed E-state index contributed by atoms with van der Waals surface area (Å²) in [5, 5.41) is 18.2. The molecule has 0 spiro atoms. The number of amides is 1. The number of hydrogen-bond donors (Lipinski definition) is 1. The van der Waals surface area contributed by atoms with Crippen LogP contribution in [0.3, 0.4) is 0 Å². The Morgan fingerprint density at radius 3 is 2.96 bits per heavy atom. The molecule has 1 amide bonds. The van der Waals surface area contributed by atoms with Crippen molar-refractivity contribution < 1.29 is 19.4 Å². The SMILES string of the molecule is Cc1c(C(=O)N2CCO[C@@H](C(=O)O)C2)nnn1-c1ccc2ncccc2c1. The maximum atomic E-state index is 12.8. The van der Waals surface area contributed by atoms with Gasteiger partial charge in [-0.2, -0.15) is 0 Å². The molecule has 1 N–H and O–H groups in total. The number of carbonyl (C=O) groups excluding carboxylic acids is 1. The number of hydrogen-bond acceptors (Lipinski definition) is 6. The van der Waals surface area contributed by atoms with Gasteiger partial charge < -0.3 is 14.7 Å². The van der Waals surface area contributed by atoms with Crippen molar-refractivity contribution >= 4 is 22.8 Å². The third kappa shape index (κ3) is 3.13. The Hall–Kier alpha value is -3.33. The third-order valence-corrected chi connectivity index (χ3v) is 4.56. The minimum atomic E-state index is -1.09. The lowest BCUT2D eigenvalue weighted by atomic mass is 10.2. The summed E-state index contributed by atoms with van der Waals surface area (Å²) in [5.41, 5.74) is 2.42. The van der Waals surface area contributed by atoms with E-state index in [4.69, 9.17) is 9.84 Å². The number of morpholine rings is 1. The maximum Gasteiger partial charge on any atom is 0.334 e. The molecule has 1 fully saturated rings. The number of carboxylic acids is 1. The highest BCUT2D eigenvalue weighted by Gasteiger charge is 2.31. The van der Waals surface area contributed by atoms with E-state index in [2.05, 4.69) is 15.3 Å². The Kier molecular flexibility index (Phi) is 4.28. The number of rotatable bonds is 3. The van der Waals surface area contributed by atoms with E-state index in [1.165, 1.54) is 4.90 Å². The molecular formula is C18H17N5O4. The summed E-state index contributed by atoms with van der Waals surface area (Å²) in [5.74, 6) is -1.44. The van der Waals surface area contributed by atoms with Crippen LogP contribution < -0.4 is 0 Å². The van der Waals surface area contributed by atoms with Gasteiger partial charge in [0.15, 0.2) is 11.8 Å². The molecule has 1 aliphatic heterocycles. The zero-order chi connectivity index (χ0) is 19.0. The van der Waals surface area contributed by atoms with Gasteiger partial charge in [-0.3, -0.25) is 9.78 Å². The maximum absolute atomic E-state index is 12.8. The molecule has 0 bridgehead atoms. The molecular weight excluding hydrogens is 350 g/mol. The highest BCUT2D eigenvalue weighted by molar-refractivity contribution is 5.94. The summed E-state index contributed by atoms with van der Waals surface area (Å²) in [6, 6.07) is 9.47. The normalized spacial score (nSPS) is 17.2. The highest BCUT2D eigenvalue weighted by atomic mass is 16.5. The Morgan fingerprint density at radius 2 is 2.15 bits per heavy atom. The zero-order valence-electron chi connectivity index (χ0n) is 14.6. The molecule has 3 aromatic rings. The van der Waals surface area contributed by atoms with Gasteiger partial charge in [0, 0.05) is 18.1 Å². The summed E-state index contributed by atoms with van der Waals surface area (Å²) in [6.07, 6.45) is 0.706. The lowest BCUT2D eigenvalue weighted by Gasteiger charge is -2.30. The molecule has 1 aliphatic rings. The Morgan fingerprint density at radius 1 is 1.30 bits per heavy atom. The molecule has 2 aromatic heterocycles. The van der Waals surface area contributed by atoms with Gasteiger partial charge >= 0.3 is 5.97 Å². The second kappa shape index (κ2) is 6.76. The summed E-state index contributed by atoms with van der Waals surface area (Å²) in [4.78, 5) is 29.6. The van der Waals surface area contributed by atoms with Gasteiger partial charge in [0.1, 0.15) is 0 Å². The molecule has 9 heteroatoms. The largest absolute Gasteiger partial charge is 0.479 e. The van der Waals surface area contributed by atoms with E-state index in [0.717, 1.165) is 16.6 Å². The van der Waals surface area contributed by atoms with Crippen LogP contribution in [0.1, 0.15) is 16.2 Å². The van der Waals surface area contributed by atoms with Crippen molar-refractivity contribution in [2.24, 2.45) is 0 Å². The van der Waals surface area contributed by atoms with Crippen LogP contribution in [0.25, 0.3) is 16.6 Å². The van der Waals surface area contributed by atoms with Crippen LogP contribution in [0.15, 0.2) is 36.5 Å². The van der Waals surface area contributed by atoms with E-state index in [1.807, 2.05) is 30.3 Å². The fraction of sp³-hybridized carbons (Fsp3) is 0.278. The van der Waals surface area contributed by atoms with Crippen LogP contribution in [0.4, 0.5) is 0 Å². The number of aromatic nitrogens is 4. The molecule has 4 rings (SSSR count). The number of pyridine rings is 1. The number of carboxylic acid groups (broad SMARTS) is 1. The van der Waals surface area contributed by atoms with Crippen LogP contribution >= 0.6 is 0 Å². The van der Waals surface area contributed by atoms with E-state index in [-0.39, 0.29) is 24.8 Å². The van der Waals surface area contributed by atoms with E-state index < -0.39 is 12.1 Å². The van der Waals surface area contributed by atoms with Gasteiger partial charge in [-0.15, -0.1) is 5.10 Å². The number of benzene rings is 1. The summed E-state index contributed by atoms with van der Waals surface area (Å²) < 4.78 is 6.75. The average molecular weight is 367 g/mol. The predicted octanol–water partition coefficient (Wildman–Crippen LogP) is 1.05. The Balaban J connectivity index is 1.63. The van der Waals surface area contributed by atoms with Crippen molar-refractivity contribution in [2.75, 3.05) is 19.7 Å². The van der Waals surface area contributed by atoms with Gasteiger partial charge in [-0.25, -0.2) is 9.48 Å². The monoisotopic (exact) mass is 367 g/mol. The molecule has 1 aromatic carbocycles. The third-order valence-electron chi connectivity index (χ3n) is 4.56. The fourth-order valence-corrected chi connectivity index (χ4v) is 3.10. The molecule has 1 atom stereocenters. The van der Waals surface area contributed by atoms with Crippen molar-refractivity contribution in [3.63, 3.8) is 0 Å². The van der Waals surface area contributed by atoms with Gasteiger partial charge in [0.25, 0.3) is 5.91 Å². The first-order valence-corrected chi connectivity index (χ1v) is 8.46. The Labute approximate surface area is 154 Å². The van der Waals surface area contributed by atoms with Crippen LogP contribution in [0.2, 0.25) is 0 Å². The Bertz CT molecular complexity index is 1030. The molecule has 27 heavy (non-hydrogen) atoms. The van der Waals surface area contributed by atoms with Crippen LogP contribution in [-0.2, 0) is 9.53 Å². The van der Waals surface area contributed by atoms with E-state index in [0.29, 0.717) is 12.2 Å². The van der Waals surface area contributed by atoms with Gasteiger partial charge in [0.05, 0.1) is 30.0 Å². The number of fused-ring (bicyclic) bond motifs is 1. The van der Waals surface area contributed by atoms with Crippen molar-refractivity contribution in [2.45, 2.75) is 13.0 Å². The number of carbonyl (C=O) groups is 2. The minimum Gasteiger partial charge on any atom is -0.479 e. The molecule has 0 saturated carbocycles. The standard InChI is InChI=1S/C18H17N5O4/c1-11-16(17(24)22-7-8-27-15(10-22)18(25)26)20-21-23(11)13-4-5-14-12(9-13)3-2-6-19-14/h2-6,9,15H,7-8,10H2,1H3,(H,25,26)/t15-/m1/s1. The smallest absolute Gasteiger partial charge is 0.334 e. The van der Waals surface area contributed by atoms with Crippen molar-refractivity contribution in [3.05, 3.63) is 47.9 Å². The molecule has 138 valence electrons. The quantitative estimate of drug-likeness (QED) is 0.736. The predicted molar refractivity (Wildman–Crippen MR) is 94.7 cm³/mol. The molecule has 0 radical (unpaired) electrons. The zero-order valence-corrected chi connectivity index (χ0v) is 14.6. The van der Waals surface area contributed by atoms with E-state index in [9.17, 15) is 9.59 Å². The highest BCUT2D eigenvalue weighted by Crippen LogP contribution is 2.19. The first-order chi connectivity index (χ1) is 13.0.